The van der Waals surface area contributed by atoms with E-state index in [1.54, 1.807) is 0 Å². The minimum Gasteiger partial charge on any atom is -0.475 e. The van der Waals surface area contributed by atoms with Crippen LogP contribution in [-0.2, 0) is 14.1 Å². The summed E-state index contributed by atoms with van der Waals surface area (Å²) in [6, 6.07) is 0. The maximum Gasteiger partial charge on any atom is 0.490 e. The summed E-state index contributed by atoms with van der Waals surface area (Å²) in [6.45, 7) is 12.5. The molecule has 130 valence electrons. The van der Waals surface area contributed by atoms with E-state index in [-0.39, 0.29) is 24.3 Å². The summed E-state index contributed by atoms with van der Waals surface area (Å²) in [5, 5.41) is 7.12. The summed E-state index contributed by atoms with van der Waals surface area (Å²) < 4.78 is 43.5. The van der Waals surface area contributed by atoms with Crippen LogP contribution >= 0.6 is 0 Å². The van der Waals surface area contributed by atoms with Crippen LogP contribution in [0.25, 0.3) is 0 Å². The smallest absolute Gasteiger partial charge is 0.475 e. The third-order valence-corrected chi connectivity index (χ3v) is 3.61. The van der Waals surface area contributed by atoms with Crippen molar-refractivity contribution in [2.75, 3.05) is 0 Å². The molecule has 9 heteroatoms. The molecule has 0 spiro atoms. The number of halogens is 3. The highest BCUT2D eigenvalue weighted by molar-refractivity contribution is 6.47. The summed E-state index contributed by atoms with van der Waals surface area (Å²) in [4.78, 5) is 8.90. The number of rotatable bonds is 3. The van der Waals surface area contributed by atoms with Crippen molar-refractivity contribution in [1.29, 1.82) is 0 Å². The van der Waals surface area contributed by atoms with Gasteiger partial charge in [0.2, 0.25) is 0 Å². The molecule has 22 heavy (non-hydrogen) atoms. The largest absolute Gasteiger partial charge is 0.490 e. The second-order valence-electron chi connectivity index (χ2n) is 6.72. The Hall–Kier alpha value is -0.795. The van der Waals surface area contributed by atoms with Crippen LogP contribution in [0.5, 0.6) is 0 Å². The van der Waals surface area contributed by atoms with Crippen LogP contribution < -0.4 is 5.73 Å². The predicted octanol–water partition coefficient (Wildman–Crippen LogP) is 2.62. The van der Waals surface area contributed by atoms with Crippen LogP contribution in [0.1, 0.15) is 48.0 Å². The van der Waals surface area contributed by atoms with E-state index in [2.05, 4.69) is 41.5 Å². The fourth-order valence-corrected chi connectivity index (χ4v) is 1.72. The van der Waals surface area contributed by atoms with Crippen LogP contribution in [0.4, 0.5) is 13.2 Å². The highest BCUT2D eigenvalue weighted by Gasteiger charge is 2.53. The van der Waals surface area contributed by atoms with Gasteiger partial charge in [-0.1, -0.05) is 13.8 Å². The Morgan fingerprint density at radius 1 is 1.18 bits per heavy atom. The topological polar surface area (TPSA) is 81.8 Å². The van der Waals surface area contributed by atoms with Crippen LogP contribution in [0.2, 0.25) is 0 Å². The Morgan fingerprint density at radius 3 is 1.73 bits per heavy atom. The SMILES string of the molecule is CC(C)CC(N)B1OC(C)(C)C(C)(C)O1.O=C(O)C(F)(F)F. The molecule has 1 heterocycles. The molecular formula is C13H25BF3NO4. The van der Waals surface area contributed by atoms with Gasteiger partial charge in [-0.25, -0.2) is 4.79 Å². The highest BCUT2D eigenvalue weighted by Crippen LogP contribution is 2.37. The summed E-state index contributed by atoms with van der Waals surface area (Å²) in [5.74, 6) is -2.22. The molecule has 0 aromatic rings. The van der Waals surface area contributed by atoms with E-state index in [4.69, 9.17) is 24.9 Å². The number of hydrogen-bond acceptors (Lipinski definition) is 4. The molecule has 1 unspecified atom stereocenters. The van der Waals surface area contributed by atoms with Crippen molar-refractivity contribution in [1.82, 2.24) is 0 Å². The van der Waals surface area contributed by atoms with Crippen molar-refractivity contribution >= 4 is 13.1 Å². The van der Waals surface area contributed by atoms with E-state index in [0.29, 0.717) is 5.92 Å². The number of carbonyl (C=O) groups is 1. The van der Waals surface area contributed by atoms with Crippen molar-refractivity contribution in [3.63, 3.8) is 0 Å². The monoisotopic (exact) mass is 327 g/mol. The van der Waals surface area contributed by atoms with Crippen molar-refractivity contribution in [2.45, 2.75) is 71.3 Å². The van der Waals surface area contributed by atoms with Gasteiger partial charge >= 0.3 is 19.3 Å². The van der Waals surface area contributed by atoms with Gasteiger partial charge in [0.15, 0.2) is 0 Å². The molecule has 0 saturated carbocycles. The Morgan fingerprint density at radius 2 is 1.50 bits per heavy atom. The zero-order valence-corrected chi connectivity index (χ0v) is 13.8. The van der Waals surface area contributed by atoms with Gasteiger partial charge in [0, 0.05) is 5.94 Å². The van der Waals surface area contributed by atoms with Crippen molar-refractivity contribution in [3.8, 4) is 0 Å². The van der Waals surface area contributed by atoms with Gasteiger partial charge in [-0.2, -0.15) is 13.2 Å². The number of hydrogen-bond donors (Lipinski definition) is 2. The third kappa shape index (κ3) is 6.14. The zero-order chi connectivity index (χ0) is 17.9. The Balaban J connectivity index is 0.000000534. The Kier molecular flexibility index (Phi) is 6.93. The average molecular weight is 327 g/mol. The quantitative estimate of drug-likeness (QED) is 0.779. The molecule has 5 nitrogen and oxygen atoms in total. The van der Waals surface area contributed by atoms with E-state index in [1.807, 2.05) is 0 Å². The Labute approximate surface area is 129 Å². The van der Waals surface area contributed by atoms with Gasteiger partial charge in [-0.15, -0.1) is 0 Å². The summed E-state index contributed by atoms with van der Waals surface area (Å²) in [7, 11) is -0.266. The zero-order valence-electron chi connectivity index (χ0n) is 13.8. The lowest BCUT2D eigenvalue weighted by atomic mass is 9.75. The molecule has 1 atom stereocenters. The highest BCUT2D eigenvalue weighted by atomic mass is 19.4. The first-order valence-corrected chi connectivity index (χ1v) is 7.01. The van der Waals surface area contributed by atoms with E-state index in [1.165, 1.54) is 0 Å². The van der Waals surface area contributed by atoms with Crippen LogP contribution in [0.15, 0.2) is 0 Å². The molecule has 0 bridgehead atoms. The molecule has 3 N–H and O–H groups in total. The average Bonchev–Trinajstić information content (AvgIpc) is 2.46. The van der Waals surface area contributed by atoms with Gasteiger partial charge in [-0.05, 0) is 40.0 Å². The normalized spacial score (nSPS) is 21.3. The van der Waals surface area contributed by atoms with Crippen LogP contribution in [-0.4, -0.2) is 41.5 Å². The van der Waals surface area contributed by atoms with Crippen LogP contribution in [0.3, 0.4) is 0 Å². The number of aliphatic carboxylic acids is 1. The van der Waals surface area contributed by atoms with Gasteiger partial charge in [0.05, 0.1) is 11.2 Å². The fourth-order valence-electron chi connectivity index (χ4n) is 1.72. The standard InChI is InChI=1S/C11H24BNO2.C2HF3O2/c1-8(2)7-9(13)12-14-10(3,4)11(5,6)15-12;3-2(4,5)1(6)7/h8-9H,7,13H2,1-6H3;(H,6,7). The summed E-state index contributed by atoms with van der Waals surface area (Å²) in [6.07, 6.45) is -4.16. The lowest BCUT2D eigenvalue weighted by molar-refractivity contribution is -0.192. The first kappa shape index (κ1) is 21.2. The number of nitrogens with two attached hydrogens (primary N) is 1. The van der Waals surface area contributed by atoms with E-state index < -0.39 is 12.1 Å². The number of carboxylic acids is 1. The van der Waals surface area contributed by atoms with E-state index in [9.17, 15) is 13.2 Å². The lowest BCUT2D eigenvalue weighted by Gasteiger charge is -2.32. The van der Waals surface area contributed by atoms with Crippen molar-refractivity contribution in [2.24, 2.45) is 11.7 Å². The minimum absolute atomic E-state index is 0.0361. The summed E-state index contributed by atoms with van der Waals surface area (Å²) in [5.41, 5.74) is 5.53. The van der Waals surface area contributed by atoms with Crippen molar-refractivity contribution < 1.29 is 32.4 Å². The number of alkyl halides is 3. The van der Waals surface area contributed by atoms with E-state index in [0.717, 1.165) is 6.42 Å². The second kappa shape index (κ2) is 7.19. The minimum atomic E-state index is -5.08. The van der Waals surface area contributed by atoms with Gasteiger partial charge in [-0.3, -0.25) is 0 Å². The molecule has 1 aliphatic heterocycles. The maximum atomic E-state index is 10.6. The lowest BCUT2D eigenvalue weighted by Crippen LogP contribution is -2.42. The maximum absolute atomic E-state index is 10.6. The molecule has 0 radical (unpaired) electrons. The molecule has 1 saturated heterocycles. The Bertz CT molecular complexity index is 370. The summed E-state index contributed by atoms with van der Waals surface area (Å²) >= 11 is 0. The molecule has 0 amide bonds. The van der Waals surface area contributed by atoms with Crippen molar-refractivity contribution in [3.05, 3.63) is 0 Å². The molecule has 1 rings (SSSR count). The van der Waals surface area contributed by atoms with Gasteiger partial charge < -0.3 is 20.1 Å². The molecule has 0 aliphatic carbocycles. The van der Waals surface area contributed by atoms with E-state index >= 15 is 0 Å². The molecule has 1 aliphatic rings. The second-order valence-corrected chi connectivity index (χ2v) is 6.72. The first-order valence-electron chi connectivity index (χ1n) is 7.01. The molecule has 1 fully saturated rings. The molecular weight excluding hydrogens is 302 g/mol. The fraction of sp³-hybridized carbons (Fsp3) is 0.923. The van der Waals surface area contributed by atoms with Gasteiger partial charge in [0.1, 0.15) is 0 Å². The third-order valence-electron chi connectivity index (χ3n) is 3.61. The molecule has 0 aromatic heterocycles. The predicted molar refractivity (Wildman–Crippen MR) is 77.2 cm³/mol. The van der Waals surface area contributed by atoms with Gasteiger partial charge in [0.25, 0.3) is 0 Å². The number of carboxylic acid groups (broad SMARTS) is 1. The first-order chi connectivity index (χ1) is 9.60. The van der Waals surface area contributed by atoms with Crippen LogP contribution in [0, 0.1) is 5.92 Å². The molecule has 0 aromatic carbocycles.